The highest BCUT2D eigenvalue weighted by Gasteiger charge is 2.18. The summed E-state index contributed by atoms with van der Waals surface area (Å²) in [7, 11) is 0. The Labute approximate surface area is 143 Å². The zero-order valence-corrected chi connectivity index (χ0v) is 15.3. The van der Waals surface area contributed by atoms with E-state index in [4.69, 9.17) is 0 Å². The Balaban J connectivity index is 2.20. The average molecular weight is 320 g/mol. The summed E-state index contributed by atoms with van der Waals surface area (Å²) in [5.41, 5.74) is 9.09. The summed E-state index contributed by atoms with van der Waals surface area (Å²) in [6.07, 6.45) is 3.57. The van der Waals surface area contributed by atoms with Crippen molar-refractivity contribution >= 4 is 0 Å². The highest BCUT2D eigenvalue weighted by molar-refractivity contribution is 5.50. The molecule has 0 atom stereocenters. The quantitative estimate of drug-likeness (QED) is 0.663. The number of imidazole rings is 1. The normalized spacial score (nSPS) is 11.1. The molecule has 0 aliphatic heterocycles. The smallest absolute Gasteiger partial charge is 0.253 e. The summed E-state index contributed by atoms with van der Waals surface area (Å²) in [5, 5.41) is 12.6. The predicted molar refractivity (Wildman–Crippen MR) is 95.2 cm³/mol. The number of rotatable bonds is 2. The first kappa shape index (κ1) is 16.3. The molecule has 1 aromatic heterocycles. The molecule has 3 nitrogen and oxygen atoms in total. The van der Waals surface area contributed by atoms with Crippen LogP contribution < -0.4 is 9.67 Å². The Bertz CT molecular complexity index is 889. The van der Waals surface area contributed by atoms with Crippen molar-refractivity contribution in [2.45, 2.75) is 41.5 Å². The maximum Gasteiger partial charge on any atom is 0.253 e. The van der Waals surface area contributed by atoms with Gasteiger partial charge in [-0.2, -0.15) is 0 Å². The lowest BCUT2D eigenvalue weighted by molar-refractivity contribution is -0.597. The second-order valence-electron chi connectivity index (χ2n) is 6.85. The van der Waals surface area contributed by atoms with Crippen molar-refractivity contribution in [3.63, 3.8) is 0 Å². The first-order valence-electron chi connectivity index (χ1n) is 8.25. The standard InChI is InChI=1S/C21H24N2O/c1-13-7-15(3)20(16(4)8-13)22-11-19(24)23(12-22)21-17(5)9-14(2)10-18(21)6/h7-12H,1-6H3. The maximum atomic E-state index is 12.6. The number of hydrogen-bond acceptors (Lipinski definition) is 1. The molecular formula is C21H24N2O. The summed E-state index contributed by atoms with van der Waals surface area (Å²) >= 11 is 0. The number of benzene rings is 2. The zero-order valence-electron chi connectivity index (χ0n) is 15.3. The third-order valence-electron chi connectivity index (χ3n) is 4.50. The van der Waals surface area contributed by atoms with Crippen LogP contribution in [0.25, 0.3) is 11.4 Å². The first-order valence-corrected chi connectivity index (χ1v) is 8.25. The van der Waals surface area contributed by atoms with Gasteiger partial charge < -0.3 is 5.11 Å². The minimum absolute atomic E-state index is 0.00979. The van der Waals surface area contributed by atoms with Crippen LogP contribution in [0.3, 0.4) is 0 Å². The largest absolute Gasteiger partial charge is 0.839 e. The second kappa shape index (κ2) is 5.82. The van der Waals surface area contributed by atoms with E-state index in [1.807, 2.05) is 10.9 Å². The second-order valence-corrected chi connectivity index (χ2v) is 6.85. The lowest BCUT2D eigenvalue weighted by Crippen LogP contribution is -2.30. The lowest BCUT2D eigenvalue weighted by atomic mass is 10.0. The molecule has 0 saturated carbocycles. The van der Waals surface area contributed by atoms with E-state index in [0.29, 0.717) is 0 Å². The molecule has 0 aliphatic rings. The van der Waals surface area contributed by atoms with E-state index in [9.17, 15) is 5.11 Å². The molecule has 0 aliphatic carbocycles. The van der Waals surface area contributed by atoms with E-state index in [2.05, 4.69) is 65.8 Å². The molecular weight excluding hydrogens is 296 g/mol. The van der Waals surface area contributed by atoms with Gasteiger partial charge in [0.15, 0.2) is 0 Å². The monoisotopic (exact) mass is 320 g/mol. The molecule has 2 aromatic carbocycles. The van der Waals surface area contributed by atoms with Crippen molar-refractivity contribution in [2.75, 3.05) is 0 Å². The van der Waals surface area contributed by atoms with E-state index >= 15 is 0 Å². The molecule has 0 fully saturated rings. The Morgan fingerprint density at radius 1 is 0.750 bits per heavy atom. The van der Waals surface area contributed by atoms with Crippen molar-refractivity contribution in [1.29, 1.82) is 0 Å². The van der Waals surface area contributed by atoms with Gasteiger partial charge in [-0.25, -0.2) is 9.13 Å². The summed E-state index contributed by atoms with van der Waals surface area (Å²) in [6.45, 7) is 12.5. The Hall–Kier alpha value is -2.55. The molecule has 1 heterocycles. The van der Waals surface area contributed by atoms with Gasteiger partial charge >= 0.3 is 0 Å². The summed E-state index contributed by atoms with van der Waals surface area (Å²) < 4.78 is 3.70. The van der Waals surface area contributed by atoms with Crippen LogP contribution in [0.15, 0.2) is 36.8 Å². The third-order valence-corrected chi connectivity index (χ3v) is 4.50. The van der Waals surface area contributed by atoms with Crippen molar-refractivity contribution < 1.29 is 9.67 Å². The van der Waals surface area contributed by atoms with Crippen molar-refractivity contribution in [3.05, 3.63) is 70.2 Å². The molecule has 3 aromatic rings. The van der Waals surface area contributed by atoms with Gasteiger partial charge in [0.2, 0.25) is 0 Å². The molecule has 24 heavy (non-hydrogen) atoms. The van der Waals surface area contributed by atoms with Crippen LogP contribution in [-0.2, 0) is 0 Å². The SMILES string of the molecule is Cc1cc(C)c(-n2c[n+](-c3c(C)cc(C)cc3C)cc2[O-])c(C)c1. The van der Waals surface area contributed by atoms with E-state index in [0.717, 1.165) is 22.5 Å². The topological polar surface area (TPSA) is 31.9 Å². The van der Waals surface area contributed by atoms with E-state index in [-0.39, 0.29) is 5.88 Å². The molecule has 0 N–H and O–H groups in total. The fourth-order valence-corrected chi connectivity index (χ4v) is 3.82. The van der Waals surface area contributed by atoms with Crippen LogP contribution in [0, 0.1) is 41.5 Å². The number of aromatic nitrogens is 2. The first-order chi connectivity index (χ1) is 11.3. The van der Waals surface area contributed by atoms with Crippen LogP contribution in [0.2, 0.25) is 0 Å². The van der Waals surface area contributed by atoms with Crippen molar-refractivity contribution in [3.8, 4) is 17.3 Å². The predicted octanol–water partition coefficient (Wildman–Crippen LogP) is 3.68. The average Bonchev–Trinajstić information content (AvgIpc) is 2.78. The number of nitrogens with zero attached hydrogens (tertiary/aromatic N) is 2. The maximum absolute atomic E-state index is 12.6. The molecule has 0 radical (unpaired) electrons. The zero-order chi connectivity index (χ0) is 17.6. The Morgan fingerprint density at radius 3 is 1.71 bits per heavy atom. The van der Waals surface area contributed by atoms with Gasteiger partial charge in [-0.3, -0.25) is 0 Å². The molecule has 0 saturated heterocycles. The number of aryl methyl sites for hydroxylation is 6. The van der Waals surface area contributed by atoms with Crippen molar-refractivity contribution in [1.82, 2.24) is 4.57 Å². The molecule has 124 valence electrons. The summed E-state index contributed by atoms with van der Waals surface area (Å²) in [5.74, 6) is -0.00979. The number of hydrogen-bond donors (Lipinski definition) is 0. The third kappa shape index (κ3) is 2.71. The molecule has 0 unspecified atom stereocenters. The molecule has 0 spiro atoms. The van der Waals surface area contributed by atoms with Crippen molar-refractivity contribution in [2.24, 2.45) is 0 Å². The minimum atomic E-state index is -0.00979. The van der Waals surface area contributed by atoms with Gasteiger partial charge in [0.25, 0.3) is 6.33 Å². The van der Waals surface area contributed by atoms with E-state index < -0.39 is 0 Å². The van der Waals surface area contributed by atoms with Crippen LogP contribution in [0.4, 0.5) is 0 Å². The van der Waals surface area contributed by atoms with Gasteiger partial charge in [-0.05, 0) is 63.8 Å². The summed E-state index contributed by atoms with van der Waals surface area (Å²) in [4.78, 5) is 0. The fraction of sp³-hybridized carbons (Fsp3) is 0.286. The van der Waals surface area contributed by atoms with Crippen LogP contribution >= 0.6 is 0 Å². The van der Waals surface area contributed by atoms with Crippen LogP contribution in [0.1, 0.15) is 33.4 Å². The summed E-state index contributed by atoms with van der Waals surface area (Å²) in [6, 6.07) is 8.54. The lowest BCUT2D eigenvalue weighted by Gasteiger charge is -2.11. The van der Waals surface area contributed by atoms with Gasteiger partial charge in [-0.1, -0.05) is 35.4 Å². The fourth-order valence-electron chi connectivity index (χ4n) is 3.82. The Kier molecular flexibility index (Phi) is 3.96. The van der Waals surface area contributed by atoms with Gasteiger partial charge in [0.05, 0.1) is 0 Å². The van der Waals surface area contributed by atoms with Gasteiger partial charge in [0, 0.05) is 0 Å². The van der Waals surface area contributed by atoms with Crippen LogP contribution in [0.5, 0.6) is 5.88 Å². The Morgan fingerprint density at radius 2 is 1.21 bits per heavy atom. The van der Waals surface area contributed by atoms with Crippen LogP contribution in [-0.4, -0.2) is 4.57 Å². The highest BCUT2D eigenvalue weighted by atomic mass is 16.3. The molecule has 0 amide bonds. The minimum Gasteiger partial charge on any atom is -0.839 e. The molecule has 3 heteroatoms. The van der Waals surface area contributed by atoms with Gasteiger partial charge in [-0.15, -0.1) is 0 Å². The molecule has 3 rings (SSSR count). The van der Waals surface area contributed by atoms with E-state index in [1.165, 1.54) is 22.3 Å². The van der Waals surface area contributed by atoms with Gasteiger partial charge in [0.1, 0.15) is 23.5 Å². The molecule has 0 bridgehead atoms. The highest BCUT2D eigenvalue weighted by Crippen LogP contribution is 2.24. The van der Waals surface area contributed by atoms with E-state index in [1.54, 1.807) is 10.8 Å².